The molecule has 19 heteroatoms. The number of hydrogen-bond acceptors (Lipinski definition) is 11. The van der Waals surface area contributed by atoms with Gasteiger partial charge in [-0.15, -0.1) is 0 Å². The molecule has 4 fully saturated rings. The molecular weight excluding hydrogens is 1010 g/mol. The average molecular weight is 1090 g/mol. The minimum atomic E-state index is -4.59. The SMILES string of the molecule is COCc1nc2cc(-c3ccnc4c3cc([C@H](C)N3CCC(c5ccc(C(=O)N6CCC(CN7CCN(c8ccc(NC9CCC(=O)NC9=O)cc8C(F)(F)F)CC7)CC6)cc5)CC3)n4C)ccc2n1COCC[Si](C)(C)C. The van der Waals surface area contributed by atoms with Gasteiger partial charge in [-0.2, -0.15) is 13.2 Å². The maximum Gasteiger partial charge on any atom is 0.418 e. The van der Waals surface area contributed by atoms with Crippen molar-refractivity contribution in [1.29, 1.82) is 0 Å². The number of alkyl halides is 3. The first-order chi connectivity index (χ1) is 37.4. The fourth-order valence-corrected chi connectivity index (χ4v) is 12.8. The van der Waals surface area contributed by atoms with Crippen LogP contribution >= 0.6 is 0 Å². The Labute approximate surface area is 456 Å². The van der Waals surface area contributed by atoms with Crippen molar-refractivity contribution < 1.29 is 37.0 Å². The topological polar surface area (TPSA) is 142 Å². The van der Waals surface area contributed by atoms with Crippen molar-refractivity contribution in [3.63, 3.8) is 0 Å². The summed E-state index contributed by atoms with van der Waals surface area (Å²) in [6.07, 6.45) is 1.49. The fraction of sp³-hybridized carbons (Fsp3) is 0.508. The number of piperidine rings is 3. The lowest BCUT2D eigenvalue weighted by Crippen LogP contribution is -2.49. The van der Waals surface area contributed by atoms with Gasteiger partial charge in [0.05, 0.1) is 16.6 Å². The van der Waals surface area contributed by atoms with Crippen molar-refractivity contribution in [2.45, 2.75) is 109 Å². The Balaban J connectivity index is 0.693. The lowest BCUT2D eigenvalue weighted by atomic mass is 9.88. The summed E-state index contributed by atoms with van der Waals surface area (Å²) in [5, 5.41) is 6.24. The third-order valence-electron chi connectivity index (χ3n) is 16.7. The van der Waals surface area contributed by atoms with Gasteiger partial charge in [-0.3, -0.25) is 29.5 Å². The molecule has 7 heterocycles. The number of amides is 3. The van der Waals surface area contributed by atoms with Gasteiger partial charge >= 0.3 is 6.18 Å². The van der Waals surface area contributed by atoms with Crippen LogP contribution in [0.3, 0.4) is 0 Å². The highest BCUT2D eigenvalue weighted by molar-refractivity contribution is 6.76. The van der Waals surface area contributed by atoms with E-state index >= 15 is 0 Å². The molecule has 3 aromatic heterocycles. The molecule has 0 aliphatic carbocycles. The van der Waals surface area contributed by atoms with Gasteiger partial charge in [-0.1, -0.05) is 37.8 Å². The Morgan fingerprint density at radius 3 is 2.32 bits per heavy atom. The van der Waals surface area contributed by atoms with Crippen molar-refractivity contribution in [3.05, 3.63) is 107 Å². The molecule has 4 aliphatic heterocycles. The third kappa shape index (κ3) is 12.3. The first-order valence-electron chi connectivity index (χ1n) is 27.8. The van der Waals surface area contributed by atoms with Crippen molar-refractivity contribution in [3.8, 4) is 11.1 Å². The molecule has 0 radical (unpaired) electrons. The number of pyridine rings is 1. The molecule has 0 bridgehead atoms. The quantitative estimate of drug-likeness (QED) is 0.0512. The smallest absolute Gasteiger partial charge is 0.377 e. The Kier molecular flexibility index (Phi) is 16.5. The van der Waals surface area contributed by atoms with Crippen LogP contribution in [0.25, 0.3) is 33.2 Å². The average Bonchev–Trinajstić information content (AvgIpc) is 3.98. The number of hydrogen-bond donors (Lipinski definition) is 2. The van der Waals surface area contributed by atoms with E-state index in [4.69, 9.17) is 19.4 Å². The van der Waals surface area contributed by atoms with E-state index in [1.165, 1.54) is 17.3 Å². The summed E-state index contributed by atoms with van der Waals surface area (Å²) in [5.74, 6) is 0.806. The van der Waals surface area contributed by atoms with Crippen LogP contribution in [0, 0.1) is 5.92 Å². The van der Waals surface area contributed by atoms with Gasteiger partial charge in [0.25, 0.3) is 5.91 Å². The molecule has 10 rings (SSSR count). The highest BCUT2D eigenvalue weighted by atomic mass is 28.3. The number of carbonyl (C=O) groups excluding carboxylic acids is 3. The van der Waals surface area contributed by atoms with Gasteiger partial charge in [0.2, 0.25) is 11.8 Å². The van der Waals surface area contributed by atoms with Gasteiger partial charge in [0, 0.05) is 121 Å². The third-order valence-corrected chi connectivity index (χ3v) is 18.4. The summed E-state index contributed by atoms with van der Waals surface area (Å²) < 4.78 is 59.2. The summed E-state index contributed by atoms with van der Waals surface area (Å²) in [4.78, 5) is 56.1. The van der Waals surface area contributed by atoms with Crippen LogP contribution in [-0.2, 0) is 45.6 Å². The molecule has 4 saturated heterocycles. The van der Waals surface area contributed by atoms with Gasteiger partial charge in [0.1, 0.15) is 30.9 Å². The lowest BCUT2D eigenvalue weighted by molar-refractivity contribution is -0.137. The van der Waals surface area contributed by atoms with Gasteiger partial charge in [-0.25, -0.2) is 9.97 Å². The summed E-state index contributed by atoms with van der Waals surface area (Å²) in [5.41, 5.74) is 7.89. The Morgan fingerprint density at radius 2 is 1.63 bits per heavy atom. The number of piperazine rings is 1. The second-order valence-corrected chi connectivity index (χ2v) is 28.8. The molecular formula is C59H75F3N10O5Si. The zero-order valence-corrected chi connectivity index (χ0v) is 47.0. The number of rotatable bonds is 17. The van der Waals surface area contributed by atoms with Gasteiger partial charge in [0.15, 0.2) is 0 Å². The number of fused-ring (bicyclic) bond motifs is 2. The number of imide groups is 1. The Hall–Kier alpha value is -6.12. The first-order valence-corrected chi connectivity index (χ1v) is 31.5. The summed E-state index contributed by atoms with van der Waals surface area (Å²) in [6.45, 7) is 17.3. The molecule has 3 aromatic carbocycles. The molecule has 2 atom stereocenters. The molecule has 1 unspecified atom stereocenters. The van der Waals surface area contributed by atoms with E-state index in [9.17, 15) is 27.6 Å². The number of methoxy groups -OCH3 is 1. The van der Waals surface area contributed by atoms with Crippen LogP contribution in [0.1, 0.15) is 90.4 Å². The van der Waals surface area contributed by atoms with Crippen LogP contribution in [-0.4, -0.2) is 138 Å². The molecule has 0 saturated carbocycles. The second-order valence-electron chi connectivity index (χ2n) is 23.2. The summed E-state index contributed by atoms with van der Waals surface area (Å²) in [7, 11) is 2.61. The van der Waals surface area contributed by atoms with E-state index in [1.807, 2.05) is 23.2 Å². The van der Waals surface area contributed by atoms with Crippen LogP contribution in [0.2, 0.25) is 25.7 Å². The highest BCUT2D eigenvalue weighted by Crippen LogP contribution is 2.40. The maximum atomic E-state index is 14.4. The number of anilines is 2. The number of halogens is 3. The maximum absolute atomic E-state index is 14.4. The summed E-state index contributed by atoms with van der Waals surface area (Å²) in [6, 6.07) is 23.8. The number of aromatic nitrogens is 4. The van der Waals surface area contributed by atoms with Crippen LogP contribution < -0.4 is 15.5 Å². The largest absolute Gasteiger partial charge is 0.418 e. The van der Waals surface area contributed by atoms with E-state index in [0.29, 0.717) is 70.0 Å². The Morgan fingerprint density at radius 1 is 0.885 bits per heavy atom. The second kappa shape index (κ2) is 23.3. The van der Waals surface area contributed by atoms with E-state index in [0.717, 1.165) is 103 Å². The molecule has 15 nitrogen and oxygen atoms in total. The zero-order chi connectivity index (χ0) is 54.9. The van der Waals surface area contributed by atoms with E-state index < -0.39 is 31.8 Å². The predicted octanol–water partition coefficient (Wildman–Crippen LogP) is 9.90. The minimum absolute atomic E-state index is 0.0600. The van der Waals surface area contributed by atoms with Crippen LogP contribution in [0.15, 0.2) is 79.0 Å². The number of nitrogens with zero attached hydrogens (tertiary/aromatic N) is 8. The number of imidazole rings is 1. The van der Waals surface area contributed by atoms with E-state index in [2.05, 4.69) is 106 Å². The summed E-state index contributed by atoms with van der Waals surface area (Å²) >= 11 is 0. The van der Waals surface area contributed by atoms with Crippen LogP contribution in [0.5, 0.6) is 0 Å². The standard InChI is InChI=1S/C59H75F3N10O5Si/c1-39(53-35-47-46(17-22-63-56(47)67(53)2)44-11-14-52-50(33-44)65-54(37-76-3)72(52)38-77-31-32-78(4,5)6)69-25-20-42(21-26-69)41-7-9-43(10-8-41)58(75)71-23-18-40(19-24-71)36-68-27-29-70(30-28-68)51-15-12-45(34-48(51)59(60,61)62)64-49-13-16-55(73)66-57(49)74/h7-12,14-15,17,22,33-35,39-40,42,49,64H,13,16,18-21,23-32,36-38H2,1-6H3,(H,66,73,74)/t39-,49?/m0/s1. The monoisotopic (exact) mass is 1090 g/mol. The van der Waals surface area contributed by atoms with Crippen molar-refractivity contribution in [2.75, 3.05) is 82.8 Å². The molecule has 416 valence electrons. The Bertz CT molecular complexity index is 3110. The molecule has 3 amide bonds. The fourth-order valence-electron chi connectivity index (χ4n) is 12.1. The highest BCUT2D eigenvalue weighted by Gasteiger charge is 2.37. The number of aryl methyl sites for hydroxylation is 1. The van der Waals surface area contributed by atoms with Gasteiger partial charge in [-0.05, 0) is 141 Å². The number of nitrogens with one attached hydrogen (secondary N) is 2. The van der Waals surface area contributed by atoms with Crippen molar-refractivity contribution in [1.82, 2.24) is 39.1 Å². The molecule has 6 aromatic rings. The number of likely N-dealkylation sites (tertiary alicyclic amines) is 2. The van der Waals surface area contributed by atoms with Gasteiger partial charge < -0.3 is 33.7 Å². The number of benzene rings is 3. The van der Waals surface area contributed by atoms with Crippen molar-refractivity contribution in [2.24, 2.45) is 13.0 Å². The van der Waals surface area contributed by atoms with Crippen molar-refractivity contribution >= 4 is 59.2 Å². The molecule has 78 heavy (non-hydrogen) atoms. The van der Waals surface area contributed by atoms with Crippen LogP contribution in [0.4, 0.5) is 24.5 Å². The molecule has 0 spiro atoms. The number of carbonyl (C=O) groups is 3. The zero-order valence-electron chi connectivity index (χ0n) is 46.0. The molecule has 4 aliphatic rings. The number of ether oxygens (including phenoxy) is 2. The predicted molar refractivity (Wildman–Crippen MR) is 301 cm³/mol. The first kappa shape index (κ1) is 55.2. The molecule has 2 N–H and O–H groups in total. The van der Waals surface area contributed by atoms with E-state index in [-0.39, 0.29) is 42.1 Å². The van der Waals surface area contributed by atoms with E-state index in [1.54, 1.807) is 18.1 Å². The minimum Gasteiger partial charge on any atom is -0.377 e. The normalized spacial score (nSPS) is 19.3. The lowest BCUT2D eigenvalue weighted by Gasteiger charge is -2.40.